The second-order valence-electron chi connectivity index (χ2n) is 7.08. The fraction of sp³-hybridized carbons (Fsp3) is 0.192. The average Bonchev–Trinajstić information content (AvgIpc) is 2.77. The van der Waals surface area contributed by atoms with Crippen molar-refractivity contribution in [3.8, 4) is 16.9 Å². The number of nitrogens with zero attached hydrogens (tertiary/aromatic N) is 1. The van der Waals surface area contributed by atoms with Crippen LogP contribution >= 0.6 is 0 Å². The third-order valence-electron chi connectivity index (χ3n) is 5.04. The Morgan fingerprint density at radius 2 is 1.50 bits per heavy atom. The number of pyridine rings is 1. The van der Waals surface area contributed by atoms with E-state index in [2.05, 4.69) is 72.6 Å². The smallest absolute Gasteiger partial charge is 0.133 e. The van der Waals surface area contributed by atoms with Gasteiger partial charge < -0.3 is 4.74 Å². The topological polar surface area (TPSA) is 22.1 Å². The second-order valence-corrected chi connectivity index (χ2v) is 7.08. The summed E-state index contributed by atoms with van der Waals surface area (Å²) in [6.45, 7) is 2.77. The first-order chi connectivity index (χ1) is 13.8. The highest BCUT2D eigenvalue weighted by Crippen LogP contribution is 2.30. The molecule has 0 aliphatic carbocycles. The van der Waals surface area contributed by atoms with E-state index in [4.69, 9.17) is 4.74 Å². The van der Waals surface area contributed by atoms with Crippen LogP contribution in [0.25, 0.3) is 22.0 Å². The molecule has 0 atom stereocenters. The molecule has 0 unspecified atom stereocenters. The minimum atomic E-state index is 0.558. The van der Waals surface area contributed by atoms with E-state index in [1.807, 2.05) is 24.4 Å². The third-order valence-corrected chi connectivity index (χ3v) is 5.04. The SMILES string of the molecule is CCCCc1cnc2ccccc2c1OCc1ccc(-c2ccccc2)cc1. The molecule has 140 valence electrons. The molecular weight excluding hydrogens is 342 g/mol. The van der Waals surface area contributed by atoms with Gasteiger partial charge in [-0.2, -0.15) is 0 Å². The molecule has 0 N–H and O–H groups in total. The Morgan fingerprint density at radius 1 is 0.786 bits per heavy atom. The number of aryl methyl sites for hydroxylation is 1. The molecule has 2 nitrogen and oxygen atoms in total. The predicted octanol–water partition coefficient (Wildman–Crippen LogP) is 6.82. The molecule has 0 saturated heterocycles. The van der Waals surface area contributed by atoms with Crippen LogP contribution in [0.4, 0.5) is 0 Å². The van der Waals surface area contributed by atoms with Gasteiger partial charge in [-0.25, -0.2) is 0 Å². The van der Waals surface area contributed by atoms with Gasteiger partial charge in [0.15, 0.2) is 0 Å². The Bertz CT molecular complexity index is 1040. The van der Waals surface area contributed by atoms with Gasteiger partial charge in [0.2, 0.25) is 0 Å². The van der Waals surface area contributed by atoms with E-state index in [9.17, 15) is 0 Å². The molecule has 0 fully saturated rings. The third kappa shape index (κ3) is 4.07. The summed E-state index contributed by atoms with van der Waals surface area (Å²) in [5, 5.41) is 1.09. The van der Waals surface area contributed by atoms with Crippen LogP contribution in [-0.4, -0.2) is 4.98 Å². The molecule has 0 amide bonds. The molecular formula is C26H25NO. The molecule has 28 heavy (non-hydrogen) atoms. The molecule has 1 aromatic heterocycles. The van der Waals surface area contributed by atoms with Gasteiger partial charge in [0.1, 0.15) is 12.4 Å². The van der Waals surface area contributed by atoms with E-state index in [0.717, 1.165) is 35.9 Å². The van der Waals surface area contributed by atoms with Crippen molar-refractivity contribution in [1.29, 1.82) is 0 Å². The number of benzene rings is 3. The van der Waals surface area contributed by atoms with Crippen molar-refractivity contribution >= 4 is 10.9 Å². The summed E-state index contributed by atoms with van der Waals surface area (Å²) < 4.78 is 6.34. The Morgan fingerprint density at radius 3 is 2.29 bits per heavy atom. The van der Waals surface area contributed by atoms with E-state index < -0.39 is 0 Å². The molecule has 4 rings (SSSR count). The van der Waals surface area contributed by atoms with Gasteiger partial charge in [-0.3, -0.25) is 4.98 Å². The van der Waals surface area contributed by atoms with Crippen molar-refractivity contribution in [1.82, 2.24) is 4.98 Å². The monoisotopic (exact) mass is 367 g/mol. The fourth-order valence-electron chi connectivity index (χ4n) is 3.45. The number of para-hydroxylation sites is 1. The first kappa shape index (κ1) is 18.2. The summed E-state index contributed by atoms with van der Waals surface area (Å²) in [6.07, 6.45) is 5.28. The number of hydrogen-bond acceptors (Lipinski definition) is 2. The predicted molar refractivity (Wildman–Crippen MR) is 117 cm³/mol. The minimum Gasteiger partial charge on any atom is -0.488 e. The number of fused-ring (bicyclic) bond motifs is 1. The maximum atomic E-state index is 6.34. The molecule has 0 bridgehead atoms. The zero-order valence-electron chi connectivity index (χ0n) is 16.3. The highest BCUT2D eigenvalue weighted by atomic mass is 16.5. The Kier molecular flexibility index (Phi) is 5.67. The number of rotatable bonds is 7. The van der Waals surface area contributed by atoms with Gasteiger partial charge in [-0.15, -0.1) is 0 Å². The maximum Gasteiger partial charge on any atom is 0.133 e. The van der Waals surface area contributed by atoms with Gasteiger partial charge in [0.25, 0.3) is 0 Å². The molecule has 1 heterocycles. The van der Waals surface area contributed by atoms with E-state index in [1.54, 1.807) is 0 Å². The molecule has 0 spiro atoms. The largest absolute Gasteiger partial charge is 0.488 e. The zero-order valence-corrected chi connectivity index (χ0v) is 16.3. The zero-order chi connectivity index (χ0) is 19.2. The molecule has 0 aliphatic rings. The normalized spacial score (nSPS) is 10.9. The number of unbranched alkanes of at least 4 members (excludes halogenated alkanes) is 1. The van der Waals surface area contributed by atoms with Crippen molar-refractivity contribution in [3.63, 3.8) is 0 Å². The van der Waals surface area contributed by atoms with Crippen molar-refractivity contribution in [2.45, 2.75) is 32.8 Å². The summed E-state index contributed by atoms with van der Waals surface area (Å²) in [6, 6.07) is 27.3. The summed E-state index contributed by atoms with van der Waals surface area (Å²) in [4.78, 5) is 4.61. The van der Waals surface area contributed by atoms with Crippen LogP contribution in [0.1, 0.15) is 30.9 Å². The molecule has 0 radical (unpaired) electrons. The Labute approximate surface area is 166 Å². The van der Waals surface area contributed by atoms with Crippen LogP contribution in [0.3, 0.4) is 0 Å². The average molecular weight is 367 g/mol. The number of ether oxygens (including phenoxy) is 1. The standard InChI is InChI=1S/C26H25NO/c1-2-3-9-23-18-27-25-13-8-7-12-24(25)26(23)28-19-20-14-16-22(17-15-20)21-10-5-4-6-11-21/h4-8,10-18H,2-3,9,19H2,1H3. The highest BCUT2D eigenvalue weighted by molar-refractivity contribution is 5.86. The number of aromatic nitrogens is 1. The fourth-order valence-corrected chi connectivity index (χ4v) is 3.45. The second kappa shape index (κ2) is 8.71. The lowest BCUT2D eigenvalue weighted by Gasteiger charge is -2.14. The lowest BCUT2D eigenvalue weighted by atomic mass is 10.0. The van der Waals surface area contributed by atoms with E-state index in [1.165, 1.54) is 22.3 Å². The van der Waals surface area contributed by atoms with Crippen molar-refractivity contribution in [3.05, 3.63) is 96.2 Å². The van der Waals surface area contributed by atoms with Gasteiger partial charge in [0, 0.05) is 17.1 Å². The van der Waals surface area contributed by atoms with Crippen LogP contribution in [0, 0.1) is 0 Å². The summed E-state index contributed by atoms with van der Waals surface area (Å²) in [7, 11) is 0. The summed E-state index contributed by atoms with van der Waals surface area (Å²) in [5.41, 5.74) is 5.81. The van der Waals surface area contributed by atoms with E-state index >= 15 is 0 Å². The van der Waals surface area contributed by atoms with Crippen LogP contribution in [0.15, 0.2) is 85.1 Å². The highest BCUT2D eigenvalue weighted by Gasteiger charge is 2.10. The van der Waals surface area contributed by atoms with Gasteiger partial charge in [0.05, 0.1) is 5.52 Å². The summed E-state index contributed by atoms with van der Waals surface area (Å²) in [5.74, 6) is 0.978. The number of hydrogen-bond donors (Lipinski definition) is 0. The molecule has 3 aromatic carbocycles. The lowest BCUT2D eigenvalue weighted by Crippen LogP contribution is -2.01. The van der Waals surface area contributed by atoms with Crippen LogP contribution in [0.5, 0.6) is 5.75 Å². The molecule has 0 saturated carbocycles. The van der Waals surface area contributed by atoms with Gasteiger partial charge in [-0.1, -0.05) is 80.1 Å². The van der Waals surface area contributed by atoms with Crippen LogP contribution < -0.4 is 4.74 Å². The summed E-state index contributed by atoms with van der Waals surface area (Å²) >= 11 is 0. The van der Waals surface area contributed by atoms with Crippen LogP contribution in [0.2, 0.25) is 0 Å². The lowest BCUT2D eigenvalue weighted by molar-refractivity contribution is 0.306. The Balaban J connectivity index is 1.56. The first-order valence-corrected chi connectivity index (χ1v) is 9.99. The quantitative estimate of drug-likeness (QED) is 0.357. The minimum absolute atomic E-state index is 0.558. The maximum absolute atomic E-state index is 6.34. The van der Waals surface area contributed by atoms with E-state index in [0.29, 0.717) is 6.61 Å². The Hall–Kier alpha value is -3.13. The van der Waals surface area contributed by atoms with Crippen molar-refractivity contribution < 1.29 is 4.74 Å². The van der Waals surface area contributed by atoms with Gasteiger partial charge >= 0.3 is 0 Å². The molecule has 0 aliphatic heterocycles. The van der Waals surface area contributed by atoms with Crippen LogP contribution in [-0.2, 0) is 13.0 Å². The van der Waals surface area contributed by atoms with Crippen molar-refractivity contribution in [2.24, 2.45) is 0 Å². The first-order valence-electron chi connectivity index (χ1n) is 9.99. The molecule has 4 aromatic rings. The van der Waals surface area contributed by atoms with E-state index in [-0.39, 0.29) is 0 Å². The molecule has 2 heteroatoms. The van der Waals surface area contributed by atoms with Crippen molar-refractivity contribution in [2.75, 3.05) is 0 Å². The van der Waals surface area contributed by atoms with Gasteiger partial charge in [-0.05, 0) is 41.7 Å².